The molecular formula is C21H28F2N2O5S. The van der Waals surface area contributed by atoms with E-state index in [1.165, 1.54) is 28.6 Å². The minimum absolute atomic E-state index is 0.0612. The lowest BCUT2D eigenvalue weighted by Crippen LogP contribution is -2.60. The number of likely N-dealkylation sites (tertiary alicyclic amines) is 1. The molecule has 5 rings (SSSR count). The van der Waals surface area contributed by atoms with Crippen molar-refractivity contribution in [3.05, 3.63) is 24.3 Å². The molecule has 2 spiro atoms. The molecule has 1 aromatic rings. The third kappa shape index (κ3) is 4.08. The molecule has 31 heavy (non-hydrogen) atoms. The number of ether oxygens (including phenoxy) is 3. The van der Waals surface area contributed by atoms with Crippen molar-refractivity contribution in [1.82, 2.24) is 9.21 Å². The molecule has 0 radical (unpaired) electrons. The van der Waals surface area contributed by atoms with Crippen LogP contribution in [-0.4, -0.2) is 81.9 Å². The summed E-state index contributed by atoms with van der Waals surface area (Å²) in [6.45, 7) is 2.42. The van der Waals surface area contributed by atoms with Crippen LogP contribution in [-0.2, 0) is 19.5 Å². The smallest absolute Gasteiger partial charge is 0.387 e. The number of halogens is 2. The van der Waals surface area contributed by atoms with E-state index in [4.69, 9.17) is 9.47 Å². The second-order valence-electron chi connectivity index (χ2n) is 9.31. The largest absolute Gasteiger partial charge is 0.435 e. The summed E-state index contributed by atoms with van der Waals surface area (Å²) in [5, 5.41) is 0. The number of benzene rings is 1. The molecule has 0 aromatic heterocycles. The first kappa shape index (κ1) is 21.5. The fourth-order valence-corrected chi connectivity index (χ4v) is 6.89. The topological polar surface area (TPSA) is 68.3 Å². The number of rotatable bonds is 5. The van der Waals surface area contributed by atoms with Crippen LogP contribution in [0.3, 0.4) is 0 Å². The average Bonchev–Trinajstić information content (AvgIpc) is 3.35. The maximum Gasteiger partial charge on any atom is 0.387 e. The quantitative estimate of drug-likeness (QED) is 0.675. The summed E-state index contributed by atoms with van der Waals surface area (Å²) in [6.07, 6.45) is 3.41. The van der Waals surface area contributed by atoms with Crippen molar-refractivity contribution >= 4 is 10.0 Å². The molecule has 172 valence electrons. The Balaban J connectivity index is 1.16. The van der Waals surface area contributed by atoms with Crippen molar-refractivity contribution < 1.29 is 31.4 Å². The predicted molar refractivity (Wildman–Crippen MR) is 108 cm³/mol. The summed E-state index contributed by atoms with van der Waals surface area (Å²) in [4.78, 5) is 2.58. The highest BCUT2D eigenvalue weighted by molar-refractivity contribution is 7.89. The fraction of sp³-hybridized carbons (Fsp3) is 0.714. The third-order valence-electron chi connectivity index (χ3n) is 7.29. The highest BCUT2D eigenvalue weighted by Gasteiger charge is 2.52. The zero-order valence-electron chi connectivity index (χ0n) is 17.3. The van der Waals surface area contributed by atoms with Gasteiger partial charge in [-0.1, -0.05) is 0 Å². The molecule has 4 heterocycles. The number of sulfonamides is 1. The Labute approximate surface area is 181 Å². The van der Waals surface area contributed by atoms with E-state index in [9.17, 15) is 17.2 Å². The zero-order chi connectivity index (χ0) is 21.7. The van der Waals surface area contributed by atoms with Gasteiger partial charge in [-0.25, -0.2) is 8.42 Å². The maximum atomic E-state index is 13.0. The Bertz CT molecular complexity index is 889. The van der Waals surface area contributed by atoms with Gasteiger partial charge in [-0.2, -0.15) is 13.1 Å². The van der Waals surface area contributed by atoms with Gasteiger partial charge in [0.1, 0.15) is 5.75 Å². The van der Waals surface area contributed by atoms with Crippen LogP contribution >= 0.6 is 0 Å². The van der Waals surface area contributed by atoms with Gasteiger partial charge in [0.25, 0.3) is 0 Å². The molecule has 4 aliphatic heterocycles. The first-order chi connectivity index (χ1) is 14.8. The molecule has 4 aliphatic rings. The van der Waals surface area contributed by atoms with Crippen LogP contribution < -0.4 is 4.74 Å². The maximum absolute atomic E-state index is 13.0. The van der Waals surface area contributed by atoms with Gasteiger partial charge in [0.05, 0.1) is 23.7 Å². The Kier molecular flexibility index (Phi) is 5.49. The van der Waals surface area contributed by atoms with Gasteiger partial charge < -0.3 is 14.2 Å². The Hall–Kier alpha value is -1.33. The van der Waals surface area contributed by atoms with E-state index in [0.717, 1.165) is 39.1 Å². The Morgan fingerprint density at radius 1 is 1.10 bits per heavy atom. The van der Waals surface area contributed by atoms with Crippen molar-refractivity contribution in [3.8, 4) is 5.75 Å². The molecule has 1 unspecified atom stereocenters. The normalized spacial score (nSPS) is 28.4. The molecule has 10 heteroatoms. The van der Waals surface area contributed by atoms with Crippen molar-refractivity contribution in [3.63, 3.8) is 0 Å². The first-order valence-corrected chi connectivity index (χ1v) is 12.2. The lowest BCUT2D eigenvalue weighted by molar-refractivity contribution is -0.0498. The van der Waals surface area contributed by atoms with Gasteiger partial charge in [-0.3, -0.25) is 4.90 Å². The second-order valence-corrected chi connectivity index (χ2v) is 11.3. The van der Waals surface area contributed by atoms with Crippen LogP contribution in [0.4, 0.5) is 8.78 Å². The summed E-state index contributed by atoms with van der Waals surface area (Å²) < 4.78 is 68.1. The molecule has 0 N–H and O–H groups in total. The summed E-state index contributed by atoms with van der Waals surface area (Å²) in [7, 11) is -3.68. The highest BCUT2D eigenvalue weighted by Crippen LogP contribution is 2.45. The summed E-state index contributed by atoms with van der Waals surface area (Å²) in [5.74, 6) is -0.0612. The predicted octanol–water partition coefficient (Wildman–Crippen LogP) is 2.32. The minimum atomic E-state index is -3.68. The van der Waals surface area contributed by atoms with Crippen molar-refractivity contribution in [2.24, 2.45) is 5.41 Å². The van der Waals surface area contributed by atoms with Gasteiger partial charge in [-0.05, 0) is 49.9 Å². The average molecular weight is 459 g/mol. The monoisotopic (exact) mass is 458 g/mol. The number of piperidine rings is 1. The van der Waals surface area contributed by atoms with Crippen LogP contribution in [0, 0.1) is 5.41 Å². The van der Waals surface area contributed by atoms with Crippen LogP contribution in [0.2, 0.25) is 0 Å². The molecule has 0 bridgehead atoms. The van der Waals surface area contributed by atoms with E-state index in [2.05, 4.69) is 9.64 Å². The second kappa shape index (κ2) is 7.91. The van der Waals surface area contributed by atoms with Crippen LogP contribution in [0.25, 0.3) is 0 Å². The molecule has 0 aliphatic carbocycles. The van der Waals surface area contributed by atoms with Crippen molar-refractivity contribution in [2.75, 3.05) is 46.0 Å². The van der Waals surface area contributed by atoms with E-state index < -0.39 is 16.6 Å². The number of alkyl halides is 2. The minimum Gasteiger partial charge on any atom is -0.435 e. The van der Waals surface area contributed by atoms with Crippen LogP contribution in [0.1, 0.15) is 25.7 Å². The highest BCUT2D eigenvalue weighted by atomic mass is 32.2. The van der Waals surface area contributed by atoms with E-state index in [-0.39, 0.29) is 16.2 Å². The van der Waals surface area contributed by atoms with E-state index in [0.29, 0.717) is 44.0 Å². The Morgan fingerprint density at radius 2 is 1.81 bits per heavy atom. The number of hydrogen-bond acceptors (Lipinski definition) is 6. The van der Waals surface area contributed by atoms with E-state index >= 15 is 0 Å². The molecule has 1 aromatic carbocycles. The lowest BCUT2D eigenvalue weighted by atomic mass is 9.77. The SMILES string of the molecule is O=S(=O)(c1ccc(OC(F)F)cc1)N1CCC2(CC1)CC(N1CC3(CCOC3)C1)CO2. The van der Waals surface area contributed by atoms with Crippen molar-refractivity contribution in [1.29, 1.82) is 0 Å². The van der Waals surface area contributed by atoms with Crippen LogP contribution in [0.5, 0.6) is 5.75 Å². The number of nitrogens with zero attached hydrogens (tertiary/aromatic N) is 2. The fourth-order valence-electron chi connectivity index (χ4n) is 5.45. The molecular weight excluding hydrogens is 430 g/mol. The van der Waals surface area contributed by atoms with Crippen LogP contribution in [0.15, 0.2) is 29.2 Å². The zero-order valence-corrected chi connectivity index (χ0v) is 18.2. The summed E-state index contributed by atoms with van der Waals surface area (Å²) in [6, 6.07) is 5.53. The van der Waals surface area contributed by atoms with E-state index in [1.54, 1.807) is 0 Å². The molecule has 0 amide bonds. The summed E-state index contributed by atoms with van der Waals surface area (Å²) >= 11 is 0. The Morgan fingerprint density at radius 3 is 2.42 bits per heavy atom. The van der Waals surface area contributed by atoms with Gasteiger partial charge in [-0.15, -0.1) is 0 Å². The molecule has 4 saturated heterocycles. The lowest BCUT2D eigenvalue weighted by Gasteiger charge is -2.50. The first-order valence-electron chi connectivity index (χ1n) is 10.8. The van der Waals surface area contributed by atoms with Gasteiger partial charge >= 0.3 is 6.61 Å². The standard InChI is InChI=1S/C21H28F2N2O5S/c22-19(23)30-17-1-3-18(4-2-17)31(26,27)25-8-5-21(6-9-25)11-16(12-29-21)24-13-20(14-24)7-10-28-15-20/h1-4,16,19H,5-15H2. The van der Waals surface area contributed by atoms with Gasteiger partial charge in [0.2, 0.25) is 10.0 Å². The molecule has 7 nitrogen and oxygen atoms in total. The van der Waals surface area contributed by atoms with E-state index in [1.807, 2.05) is 0 Å². The van der Waals surface area contributed by atoms with Gasteiger partial charge in [0, 0.05) is 44.2 Å². The molecule has 0 saturated carbocycles. The van der Waals surface area contributed by atoms with Gasteiger partial charge in [0.15, 0.2) is 0 Å². The third-order valence-corrected chi connectivity index (χ3v) is 9.20. The number of hydrogen-bond donors (Lipinski definition) is 0. The van der Waals surface area contributed by atoms with Crippen molar-refractivity contribution in [2.45, 2.75) is 48.8 Å². The molecule has 1 atom stereocenters. The summed E-state index contributed by atoms with van der Waals surface area (Å²) in [5.41, 5.74) is 0.101. The molecule has 4 fully saturated rings.